The van der Waals surface area contributed by atoms with Gasteiger partial charge in [0.1, 0.15) is 5.76 Å². The Labute approximate surface area is 189 Å². The van der Waals surface area contributed by atoms with Crippen LogP contribution in [0.1, 0.15) is 49.7 Å². The minimum atomic E-state index is -0.551. The molecule has 1 N–H and O–H groups in total. The summed E-state index contributed by atoms with van der Waals surface area (Å²) in [7, 11) is 0. The molecule has 2 aromatic carbocycles. The summed E-state index contributed by atoms with van der Waals surface area (Å²) in [4.78, 5) is 37.5. The maximum atomic E-state index is 12.7. The smallest absolute Gasteiger partial charge is 0.339 e. The van der Waals surface area contributed by atoms with E-state index in [0.29, 0.717) is 29.7 Å². The van der Waals surface area contributed by atoms with E-state index in [1.54, 1.807) is 30.3 Å². The topological polar surface area (TPSA) is 98.5 Å². The van der Waals surface area contributed by atoms with E-state index in [0.717, 1.165) is 33.2 Å². The number of aryl methyl sites for hydroxylation is 3. The van der Waals surface area contributed by atoms with Crippen molar-refractivity contribution < 1.29 is 23.6 Å². The van der Waals surface area contributed by atoms with E-state index in [-0.39, 0.29) is 18.3 Å². The average molecular weight is 451 g/mol. The first-order valence-corrected chi connectivity index (χ1v) is 11.2. The van der Waals surface area contributed by atoms with Crippen LogP contribution in [0.2, 0.25) is 0 Å². The number of rotatable bonds is 7. The van der Waals surface area contributed by atoms with E-state index in [1.165, 1.54) is 11.8 Å². The standard InChI is InChI=1S/C24H22N2O5S/c1-14-19(15(2)31-26-14)13-32-22-6-4-3-5-18(22)24(29)30-12-21(27)17-7-9-20-16(11-17)8-10-23(28)25-20/h3-7,9,11H,8,10,12-13H2,1-2H3,(H,25,28). The van der Waals surface area contributed by atoms with Crippen LogP contribution in [0, 0.1) is 13.8 Å². The Balaban J connectivity index is 1.40. The van der Waals surface area contributed by atoms with Crippen molar-refractivity contribution in [2.45, 2.75) is 37.3 Å². The van der Waals surface area contributed by atoms with Crippen molar-refractivity contribution in [1.29, 1.82) is 0 Å². The average Bonchev–Trinajstić information content (AvgIpc) is 3.12. The number of aromatic nitrogens is 1. The lowest BCUT2D eigenvalue weighted by Crippen LogP contribution is -2.20. The van der Waals surface area contributed by atoms with Gasteiger partial charge in [0, 0.05) is 33.9 Å². The van der Waals surface area contributed by atoms with Crippen molar-refractivity contribution in [3.8, 4) is 0 Å². The van der Waals surface area contributed by atoms with Gasteiger partial charge in [-0.2, -0.15) is 0 Å². The molecule has 0 bridgehead atoms. The molecule has 8 heteroatoms. The van der Waals surface area contributed by atoms with Gasteiger partial charge in [-0.15, -0.1) is 11.8 Å². The van der Waals surface area contributed by atoms with Crippen LogP contribution in [0.15, 0.2) is 51.9 Å². The molecule has 32 heavy (non-hydrogen) atoms. The van der Waals surface area contributed by atoms with Crippen LogP contribution >= 0.6 is 11.8 Å². The molecule has 164 valence electrons. The molecule has 1 amide bonds. The van der Waals surface area contributed by atoms with Crippen LogP contribution in [0.3, 0.4) is 0 Å². The summed E-state index contributed by atoms with van der Waals surface area (Å²) in [6.07, 6.45) is 0.972. The van der Waals surface area contributed by atoms with E-state index in [1.807, 2.05) is 26.0 Å². The molecule has 1 aromatic heterocycles. The van der Waals surface area contributed by atoms with E-state index in [4.69, 9.17) is 9.26 Å². The lowest BCUT2D eigenvalue weighted by atomic mass is 9.99. The monoisotopic (exact) mass is 450 g/mol. The number of ether oxygens (including phenoxy) is 1. The second kappa shape index (κ2) is 9.40. The van der Waals surface area contributed by atoms with Gasteiger partial charge in [-0.3, -0.25) is 9.59 Å². The summed E-state index contributed by atoms with van der Waals surface area (Å²) in [6.45, 7) is 3.38. The zero-order valence-electron chi connectivity index (χ0n) is 17.8. The summed E-state index contributed by atoms with van der Waals surface area (Å²) in [5, 5.41) is 6.74. The first-order chi connectivity index (χ1) is 15.4. The molecule has 0 radical (unpaired) electrons. The van der Waals surface area contributed by atoms with Crippen molar-refractivity contribution in [1.82, 2.24) is 5.16 Å². The molecule has 2 heterocycles. The van der Waals surface area contributed by atoms with Gasteiger partial charge in [0.05, 0.1) is 11.3 Å². The minimum Gasteiger partial charge on any atom is -0.454 e. The number of thioether (sulfide) groups is 1. The van der Waals surface area contributed by atoms with Gasteiger partial charge in [0.15, 0.2) is 12.4 Å². The molecular formula is C24H22N2O5S. The molecule has 0 saturated carbocycles. The SMILES string of the molecule is Cc1noc(C)c1CSc1ccccc1C(=O)OCC(=O)c1ccc2c(c1)CCC(=O)N2. The number of anilines is 1. The second-order valence-electron chi connectivity index (χ2n) is 7.51. The zero-order valence-corrected chi connectivity index (χ0v) is 18.6. The Morgan fingerprint density at radius 1 is 1.16 bits per heavy atom. The van der Waals surface area contributed by atoms with Gasteiger partial charge in [-0.05, 0) is 56.2 Å². The van der Waals surface area contributed by atoms with Crippen molar-refractivity contribution in [3.05, 3.63) is 76.2 Å². The number of carbonyl (C=O) groups excluding carboxylic acids is 3. The van der Waals surface area contributed by atoms with Gasteiger partial charge in [0.25, 0.3) is 0 Å². The lowest BCUT2D eigenvalue weighted by Gasteiger charge is -2.17. The largest absolute Gasteiger partial charge is 0.454 e. The van der Waals surface area contributed by atoms with Crippen molar-refractivity contribution in [2.75, 3.05) is 11.9 Å². The Morgan fingerprint density at radius 3 is 2.75 bits per heavy atom. The third-order valence-corrected chi connectivity index (χ3v) is 6.42. The Bertz CT molecular complexity index is 1180. The Hall–Kier alpha value is -3.39. The molecule has 0 aliphatic carbocycles. The highest BCUT2D eigenvalue weighted by molar-refractivity contribution is 7.98. The number of fused-ring (bicyclic) bond motifs is 1. The molecule has 0 spiro atoms. The summed E-state index contributed by atoms with van der Waals surface area (Å²) >= 11 is 1.49. The molecule has 0 atom stereocenters. The summed E-state index contributed by atoms with van der Waals surface area (Å²) in [6, 6.07) is 12.2. The number of Topliss-reactive ketones (excluding diaryl/α,β-unsaturated/α-hetero) is 1. The van der Waals surface area contributed by atoms with Gasteiger partial charge in [-0.25, -0.2) is 4.79 Å². The maximum Gasteiger partial charge on any atom is 0.339 e. The number of nitrogens with zero attached hydrogens (tertiary/aromatic N) is 1. The predicted octanol–water partition coefficient (Wildman–Crippen LogP) is 4.51. The van der Waals surface area contributed by atoms with E-state index in [9.17, 15) is 14.4 Å². The van der Waals surface area contributed by atoms with Gasteiger partial charge in [-0.1, -0.05) is 17.3 Å². The molecule has 1 aliphatic heterocycles. The number of hydrogen-bond acceptors (Lipinski definition) is 7. The number of hydrogen-bond donors (Lipinski definition) is 1. The van der Waals surface area contributed by atoms with E-state index < -0.39 is 5.97 Å². The maximum absolute atomic E-state index is 12.7. The summed E-state index contributed by atoms with van der Waals surface area (Å²) in [5.74, 6) is 0.488. The molecule has 0 unspecified atom stereocenters. The highest BCUT2D eigenvalue weighted by Crippen LogP contribution is 2.29. The number of esters is 1. The molecule has 3 aromatic rings. The third kappa shape index (κ3) is 4.75. The van der Waals surface area contributed by atoms with Crippen LogP contribution in [-0.2, 0) is 21.7 Å². The predicted molar refractivity (Wildman–Crippen MR) is 120 cm³/mol. The minimum absolute atomic E-state index is 0.0311. The van der Waals surface area contributed by atoms with Crippen molar-refractivity contribution >= 4 is 35.1 Å². The molecule has 7 nitrogen and oxygen atoms in total. The molecule has 0 saturated heterocycles. The van der Waals surface area contributed by atoms with Crippen LogP contribution in [0.4, 0.5) is 5.69 Å². The fraction of sp³-hybridized carbons (Fsp3) is 0.250. The number of carbonyl (C=O) groups is 3. The fourth-order valence-corrected chi connectivity index (χ4v) is 4.66. The van der Waals surface area contributed by atoms with Crippen molar-refractivity contribution in [3.63, 3.8) is 0 Å². The molecule has 1 aliphatic rings. The second-order valence-corrected chi connectivity index (χ2v) is 8.52. The van der Waals surface area contributed by atoms with E-state index in [2.05, 4.69) is 10.5 Å². The molecular weight excluding hydrogens is 428 g/mol. The quantitative estimate of drug-likeness (QED) is 0.321. The fourth-order valence-electron chi connectivity index (χ4n) is 3.47. The van der Waals surface area contributed by atoms with Crippen LogP contribution in [-0.4, -0.2) is 29.4 Å². The summed E-state index contributed by atoms with van der Waals surface area (Å²) < 4.78 is 10.5. The molecule has 0 fully saturated rings. The number of ketones is 1. The Kier molecular flexibility index (Phi) is 6.41. The van der Waals surface area contributed by atoms with Gasteiger partial charge >= 0.3 is 5.97 Å². The highest BCUT2D eigenvalue weighted by Gasteiger charge is 2.19. The van der Waals surface area contributed by atoms with Gasteiger partial charge in [0.2, 0.25) is 5.91 Å². The zero-order chi connectivity index (χ0) is 22.7. The Morgan fingerprint density at radius 2 is 1.97 bits per heavy atom. The van der Waals surface area contributed by atoms with Crippen LogP contribution < -0.4 is 5.32 Å². The number of amides is 1. The van der Waals surface area contributed by atoms with Crippen LogP contribution in [0.25, 0.3) is 0 Å². The molecule has 4 rings (SSSR count). The lowest BCUT2D eigenvalue weighted by molar-refractivity contribution is -0.116. The first kappa shape index (κ1) is 21.8. The first-order valence-electron chi connectivity index (χ1n) is 10.2. The number of benzene rings is 2. The number of nitrogens with one attached hydrogen (secondary N) is 1. The van der Waals surface area contributed by atoms with Gasteiger partial charge < -0.3 is 14.6 Å². The van der Waals surface area contributed by atoms with Crippen LogP contribution in [0.5, 0.6) is 0 Å². The third-order valence-electron chi connectivity index (χ3n) is 5.32. The summed E-state index contributed by atoms with van der Waals surface area (Å²) in [5.41, 5.74) is 4.31. The van der Waals surface area contributed by atoms with Crippen molar-refractivity contribution in [2.24, 2.45) is 0 Å². The highest BCUT2D eigenvalue weighted by atomic mass is 32.2. The van der Waals surface area contributed by atoms with E-state index >= 15 is 0 Å². The normalized spacial score (nSPS) is 12.8.